The SMILES string of the molecule is CC(C)(C)OC(=O)N1CCN([C@@H]2c3ccc(Cl)cc3CCc3cc(Br)cnc32)C[C@@H]1C(=O)Nc1cccc(Cn2ccnc2)c1. The van der Waals surface area contributed by atoms with Crippen molar-refractivity contribution in [2.75, 3.05) is 25.0 Å². The third kappa shape index (κ3) is 7.24. The molecule has 2 aliphatic rings. The number of aromatic nitrogens is 3. The molecule has 2 aromatic heterocycles. The second-order valence-electron chi connectivity index (χ2n) is 12.6. The Labute approximate surface area is 276 Å². The molecule has 1 aliphatic carbocycles. The predicted molar refractivity (Wildman–Crippen MR) is 177 cm³/mol. The van der Waals surface area contributed by atoms with Gasteiger partial charge in [0.2, 0.25) is 5.91 Å². The Morgan fingerprint density at radius 1 is 1.09 bits per heavy atom. The number of aryl methyl sites for hydroxylation is 2. The molecule has 3 heterocycles. The number of amides is 2. The van der Waals surface area contributed by atoms with Crippen LogP contribution in [0.4, 0.5) is 10.5 Å². The van der Waals surface area contributed by atoms with Crippen LogP contribution < -0.4 is 5.32 Å². The van der Waals surface area contributed by atoms with Crippen LogP contribution in [0.2, 0.25) is 5.02 Å². The van der Waals surface area contributed by atoms with Crippen molar-refractivity contribution in [3.8, 4) is 0 Å². The van der Waals surface area contributed by atoms with Crippen molar-refractivity contribution in [1.29, 1.82) is 0 Å². The summed E-state index contributed by atoms with van der Waals surface area (Å²) in [6.45, 7) is 7.26. The van der Waals surface area contributed by atoms with E-state index in [0.717, 1.165) is 45.3 Å². The van der Waals surface area contributed by atoms with Gasteiger partial charge in [0.15, 0.2) is 0 Å². The molecule has 9 nitrogen and oxygen atoms in total. The number of carbonyl (C=O) groups is 2. The lowest BCUT2D eigenvalue weighted by atomic mass is 9.95. The van der Waals surface area contributed by atoms with Gasteiger partial charge < -0.3 is 14.6 Å². The molecule has 45 heavy (non-hydrogen) atoms. The average molecular weight is 692 g/mol. The summed E-state index contributed by atoms with van der Waals surface area (Å²) in [6, 6.07) is 14.8. The summed E-state index contributed by atoms with van der Waals surface area (Å²) in [4.78, 5) is 40.4. The van der Waals surface area contributed by atoms with E-state index in [9.17, 15) is 9.59 Å². The minimum atomic E-state index is -0.802. The lowest BCUT2D eigenvalue weighted by Crippen LogP contribution is -2.60. The zero-order valence-corrected chi connectivity index (χ0v) is 27.9. The van der Waals surface area contributed by atoms with Gasteiger partial charge in [-0.25, -0.2) is 9.78 Å². The number of pyridine rings is 1. The van der Waals surface area contributed by atoms with Gasteiger partial charge in [-0.05, 0) is 102 Å². The first-order chi connectivity index (χ1) is 21.5. The van der Waals surface area contributed by atoms with Gasteiger partial charge in [0.25, 0.3) is 0 Å². The lowest BCUT2D eigenvalue weighted by Gasteiger charge is -2.44. The van der Waals surface area contributed by atoms with E-state index in [1.807, 2.05) is 74.1 Å². The maximum absolute atomic E-state index is 14.1. The molecular formula is C34H36BrClN6O3. The van der Waals surface area contributed by atoms with Crippen molar-refractivity contribution in [3.63, 3.8) is 0 Å². The number of hydrogen-bond acceptors (Lipinski definition) is 6. The number of anilines is 1. The van der Waals surface area contributed by atoms with Gasteiger partial charge in [0.1, 0.15) is 11.6 Å². The molecule has 1 fully saturated rings. The number of benzene rings is 2. The molecule has 6 rings (SSSR count). The minimum absolute atomic E-state index is 0.211. The number of halogens is 2. The second-order valence-corrected chi connectivity index (χ2v) is 13.9. The highest BCUT2D eigenvalue weighted by atomic mass is 79.9. The molecule has 2 amide bonds. The first kappa shape index (κ1) is 31.3. The summed E-state index contributed by atoms with van der Waals surface area (Å²) in [5.74, 6) is -0.278. The van der Waals surface area contributed by atoms with E-state index in [1.165, 1.54) is 0 Å². The highest BCUT2D eigenvalue weighted by Gasteiger charge is 2.41. The first-order valence-corrected chi connectivity index (χ1v) is 16.2. The summed E-state index contributed by atoms with van der Waals surface area (Å²) in [5, 5.41) is 3.78. The van der Waals surface area contributed by atoms with E-state index in [0.29, 0.717) is 36.9 Å². The molecule has 234 valence electrons. The Morgan fingerprint density at radius 3 is 2.69 bits per heavy atom. The molecule has 11 heteroatoms. The Bertz CT molecular complexity index is 1650. The quantitative estimate of drug-likeness (QED) is 0.257. The Hall–Kier alpha value is -3.73. The number of rotatable bonds is 5. The molecule has 4 aromatic rings. The molecule has 2 aromatic carbocycles. The second kappa shape index (κ2) is 12.9. The molecule has 1 saturated heterocycles. The van der Waals surface area contributed by atoms with E-state index >= 15 is 0 Å². The molecule has 0 bridgehead atoms. The molecular weight excluding hydrogens is 656 g/mol. The largest absolute Gasteiger partial charge is 0.444 e. The number of fused-ring (bicyclic) bond motifs is 2. The van der Waals surface area contributed by atoms with Crippen molar-refractivity contribution in [2.45, 2.75) is 57.8 Å². The summed E-state index contributed by atoms with van der Waals surface area (Å²) in [5.41, 5.74) is 5.35. The van der Waals surface area contributed by atoms with Crippen molar-refractivity contribution in [2.24, 2.45) is 0 Å². The standard InChI is InChI=1S/C34H36BrClN6O3/c1-34(2,3)45-33(44)42-14-13-41(20-29(42)32(43)39-27-6-4-5-22(15-27)19-40-12-11-37-21-40)31-28-10-9-26(36)17-23(28)7-8-24-16-25(35)18-38-30(24)31/h4-6,9-12,15-18,21,29,31H,7-8,13-14,19-20H2,1-3H3,(H,39,43)/t29-,31-/m1/s1. The van der Waals surface area contributed by atoms with Crippen LogP contribution in [0.15, 0.2) is 77.9 Å². The first-order valence-electron chi connectivity index (χ1n) is 15.1. The molecule has 1 aliphatic heterocycles. The fourth-order valence-electron chi connectivity index (χ4n) is 6.15. The number of nitrogens with one attached hydrogen (secondary N) is 1. The van der Waals surface area contributed by atoms with E-state index in [2.05, 4.69) is 43.3 Å². The molecule has 0 spiro atoms. The van der Waals surface area contributed by atoms with Crippen LogP contribution in [-0.4, -0.2) is 67.6 Å². The average Bonchev–Trinajstić information content (AvgIpc) is 3.44. The van der Waals surface area contributed by atoms with Crippen LogP contribution in [0.5, 0.6) is 0 Å². The van der Waals surface area contributed by atoms with Crippen LogP contribution in [-0.2, 0) is 28.9 Å². The number of nitrogens with zero attached hydrogens (tertiary/aromatic N) is 5. The topological polar surface area (TPSA) is 92.6 Å². The van der Waals surface area contributed by atoms with E-state index in [-0.39, 0.29) is 11.9 Å². The van der Waals surface area contributed by atoms with Gasteiger partial charge in [-0.2, -0.15) is 0 Å². The zero-order chi connectivity index (χ0) is 31.7. The summed E-state index contributed by atoms with van der Waals surface area (Å²) < 4.78 is 8.66. The molecule has 0 radical (unpaired) electrons. The van der Waals surface area contributed by atoms with Crippen molar-refractivity contribution in [3.05, 3.63) is 111 Å². The van der Waals surface area contributed by atoms with Crippen LogP contribution in [0.3, 0.4) is 0 Å². The summed E-state index contributed by atoms with van der Waals surface area (Å²) in [7, 11) is 0. The zero-order valence-electron chi connectivity index (χ0n) is 25.5. The van der Waals surface area contributed by atoms with Gasteiger partial charge in [-0.15, -0.1) is 0 Å². The maximum Gasteiger partial charge on any atom is 0.411 e. The number of piperazine rings is 1. The minimum Gasteiger partial charge on any atom is -0.444 e. The van der Waals surface area contributed by atoms with E-state index in [1.54, 1.807) is 17.4 Å². The summed E-state index contributed by atoms with van der Waals surface area (Å²) >= 11 is 10.0. The monoisotopic (exact) mass is 690 g/mol. The van der Waals surface area contributed by atoms with Crippen LogP contribution in [0, 0.1) is 0 Å². The maximum atomic E-state index is 14.1. The normalized spacial score (nSPS) is 18.5. The highest BCUT2D eigenvalue weighted by Crippen LogP contribution is 2.38. The fourth-order valence-corrected chi connectivity index (χ4v) is 6.72. The summed E-state index contributed by atoms with van der Waals surface area (Å²) in [6.07, 6.45) is 8.35. The van der Waals surface area contributed by atoms with Gasteiger partial charge >= 0.3 is 6.09 Å². The fraction of sp³-hybridized carbons (Fsp3) is 0.353. The van der Waals surface area contributed by atoms with Crippen molar-refractivity contribution in [1.82, 2.24) is 24.3 Å². The van der Waals surface area contributed by atoms with Crippen molar-refractivity contribution >= 4 is 45.2 Å². The molecule has 1 N–H and O–H groups in total. The van der Waals surface area contributed by atoms with Crippen LogP contribution >= 0.6 is 27.5 Å². The molecule has 0 saturated carbocycles. The number of imidazole rings is 1. The van der Waals surface area contributed by atoms with Crippen LogP contribution in [0.1, 0.15) is 54.8 Å². The third-order valence-electron chi connectivity index (χ3n) is 8.12. The smallest absolute Gasteiger partial charge is 0.411 e. The van der Waals surface area contributed by atoms with E-state index < -0.39 is 17.7 Å². The van der Waals surface area contributed by atoms with Gasteiger partial charge in [0.05, 0.1) is 18.1 Å². The van der Waals surface area contributed by atoms with Crippen LogP contribution in [0.25, 0.3) is 0 Å². The molecule has 2 atom stereocenters. The highest BCUT2D eigenvalue weighted by molar-refractivity contribution is 9.10. The Balaban J connectivity index is 1.33. The number of ether oxygens (including phenoxy) is 1. The number of carbonyl (C=O) groups excluding carboxylic acids is 2. The van der Waals surface area contributed by atoms with E-state index in [4.69, 9.17) is 21.3 Å². The molecule has 0 unspecified atom stereocenters. The predicted octanol–water partition coefficient (Wildman–Crippen LogP) is 6.49. The Kier molecular flexibility index (Phi) is 8.99. The van der Waals surface area contributed by atoms with Crippen molar-refractivity contribution < 1.29 is 14.3 Å². The lowest BCUT2D eigenvalue weighted by molar-refractivity contribution is -0.124. The van der Waals surface area contributed by atoms with Gasteiger partial charge in [0, 0.05) is 60.0 Å². The van der Waals surface area contributed by atoms with Gasteiger partial charge in [-0.1, -0.05) is 29.8 Å². The Morgan fingerprint density at radius 2 is 1.91 bits per heavy atom. The third-order valence-corrected chi connectivity index (χ3v) is 8.79. The number of hydrogen-bond donors (Lipinski definition) is 1. The van der Waals surface area contributed by atoms with Gasteiger partial charge in [-0.3, -0.25) is 19.6 Å².